The molecular formula is C19H21FN2O2S. The van der Waals surface area contributed by atoms with Gasteiger partial charge in [-0.25, -0.2) is 9.37 Å². The molecule has 1 aromatic heterocycles. The van der Waals surface area contributed by atoms with Crippen LogP contribution >= 0.6 is 11.3 Å². The second-order valence-corrected chi connectivity index (χ2v) is 7.93. The minimum Gasteiger partial charge on any atom is -0.494 e. The number of hydrogen-bond acceptors (Lipinski definition) is 4. The molecule has 132 valence electrons. The van der Waals surface area contributed by atoms with E-state index in [2.05, 4.69) is 10.3 Å². The summed E-state index contributed by atoms with van der Waals surface area (Å²) in [4.78, 5) is 16.7. The van der Waals surface area contributed by atoms with Crippen LogP contribution in [-0.2, 0) is 4.79 Å². The van der Waals surface area contributed by atoms with Crippen molar-refractivity contribution < 1.29 is 13.9 Å². The average molecular weight is 360 g/mol. The van der Waals surface area contributed by atoms with Gasteiger partial charge in [-0.2, -0.15) is 0 Å². The smallest absolute Gasteiger partial charge is 0.226 e. The van der Waals surface area contributed by atoms with E-state index in [1.54, 1.807) is 12.1 Å². The number of carbonyl (C=O) groups is 1. The maximum atomic E-state index is 13.8. The highest BCUT2D eigenvalue weighted by molar-refractivity contribution is 7.14. The molecule has 1 amide bonds. The summed E-state index contributed by atoms with van der Waals surface area (Å²) in [5.41, 5.74) is 1.32. The lowest BCUT2D eigenvalue weighted by atomic mass is 9.86. The molecule has 0 radical (unpaired) electrons. The molecule has 2 aromatic rings. The molecule has 0 saturated heterocycles. The van der Waals surface area contributed by atoms with E-state index in [1.165, 1.54) is 50.2 Å². The Morgan fingerprint density at radius 2 is 2.28 bits per heavy atom. The molecule has 4 rings (SSSR count). The van der Waals surface area contributed by atoms with Gasteiger partial charge in [0, 0.05) is 17.4 Å². The van der Waals surface area contributed by atoms with Gasteiger partial charge in [0.15, 0.2) is 16.7 Å². The Kier molecular flexibility index (Phi) is 4.46. The van der Waals surface area contributed by atoms with Gasteiger partial charge in [0.25, 0.3) is 0 Å². The fourth-order valence-corrected chi connectivity index (χ4v) is 5.06. The van der Waals surface area contributed by atoms with Crippen molar-refractivity contribution in [2.75, 3.05) is 12.4 Å². The van der Waals surface area contributed by atoms with Gasteiger partial charge in [-0.1, -0.05) is 6.42 Å². The summed E-state index contributed by atoms with van der Waals surface area (Å²) in [6.07, 6.45) is 5.73. The number of anilines is 1. The maximum absolute atomic E-state index is 13.8. The predicted molar refractivity (Wildman–Crippen MR) is 96.2 cm³/mol. The van der Waals surface area contributed by atoms with E-state index in [-0.39, 0.29) is 11.7 Å². The quantitative estimate of drug-likeness (QED) is 0.839. The topological polar surface area (TPSA) is 51.2 Å². The zero-order chi connectivity index (χ0) is 17.4. The van der Waals surface area contributed by atoms with Crippen LogP contribution in [-0.4, -0.2) is 18.0 Å². The van der Waals surface area contributed by atoms with E-state index in [0.717, 1.165) is 11.8 Å². The first-order chi connectivity index (χ1) is 12.1. The van der Waals surface area contributed by atoms with Crippen LogP contribution in [0.3, 0.4) is 0 Å². The molecule has 1 aromatic carbocycles. The third kappa shape index (κ3) is 3.40. The molecule has 2 aliphatic rings. The van der Waals surface area contributed by atoms with Crippen LogP contribution in [0.15, 0.2) is 23.6 Å². The number of ether oxygens (including phenoxy) is 1. The summed E-state index contributed by atoms with van der Waals surface area (Å²) in [5.74, 6) is 1.95. The van der Waals surface area contributed by atoms with Gasteiger partial charge in [-0.05, 0) is 55.2 Å². The van der Waals surface area contributed by atoms with Crippen LogP contribution in [0.25, 0.3) is 11.3 Å². The number of rotatable bonds is 5. The van der Waals surface area contributed by atoms with Crippen molar-refractivity contribution in [3.05, 3.63) is 29.4 Å². The molecule has 1 N–H and O–H groups in total. The second kappa shape index (κ2) is 6.75. The summed E-state index contributed by atoms with van der Waals surface area (Å²) >= 11 is 1.37. The zero-order valence-corrected chi connectivity index (χ0v) is 14.9. The van der Waals surface area contributed by atoms with Gasteiger partial charge in [0.1, 0.15) is 0 Å². The van der Waals surface area contributed by atoms with Gasteiger partial charge in [0.05, 0.1) is 12.8 Å². The van der Waals surface area contributed by atoms with Gasteiger partial charge in [-0.15, -0.1) is 11.3 Å². The maximum Gasteiger partial charge on any atom is 0.226 e. The number of nitrogens with zero attached hydrogens (tertiary/aromatic N) is 1. The first-order valence-electron chi connectivity index (χ1n) is 8.71. The molecule has 2 fully saturated rings. The van der Waals surface area contributed by atoms with E-state index < -0.39 is 5.82 Å². The van der Waals surface area contributed by atoms with Gasteiger partial charge < -0.3 is 10.1 Å². The van der Waals surface area contributed by atoms with E-state index in [0.29, 0.717) is 28.7 Å². The normalized spacial score (nSPS) is 24.5. The molecule has 4 nitrogen and oxygen atoms in total. The highest BCUT2D eigenvalue weighted by Gasteiger charge is 2.40. The Balaban J connectivity index is 1.39. The molecule has 1 heterocycles. The van der Waals surface area contributed by atoms with Crippen molar-refractivity contribution in [3.8, 4) is 17.0 Å². The summed E-state index contributed by atoms with van der Waals surface area (Å²) in [6, 6.07) is 4.74. The number of fused-ring (bicyclic) bond motifs is 2. The van der Waals surface area contributed by atoms with Crippen molar-refractivity contribution in [2.45, 2.75) is 32.1 Å². The van der Waals surface area contributed by atoms with Gasteiger partial charge >= 0.3 is 0 Å². The van der Waals surface area contributed by atoms with Crippen LogP contribution in [0.2, 0.25) is 0 Å². The molecule has 2 bridgehead atoms. The molecule has 2 aliphatic carbocycles. The lowest BCUT2D eigenvalue weighted by molar-refractivity contribution is -0.117. The molecule has 0 aliphatic heterocycles. The highest BCUT2D eigenvalue weighted by Crippen LogP contribution is 2.49. The van der Waals surface area contributed by atoms with Crippen LogP contribution in [0.1, 0.15) is 32.1 Å². The largest absolute Gasteiger partial charge is 0.494 e. The fraction of sp³-hybridized carbons (Fsp3) is 0.474. The molecule has 2 saturated carbocycles. The van der Waals surface area contributed by atoms with E-state index in [9.17, 15) is 9.18 Å². The van der Waals surface area contributed by atoms with Crippen molar-refractivity contribution in [1.82, 2.24) is 4.98 Å². The van der Waals surface area contributed by atoms with E-state index >= 15 is 0 Å². The highest BCUT2D eigenvalue weighted by atomic mass is 32.1. The Bertz CT molecular complexity index is 791. The summed E-state index contributed by atoms with van der Waals surface area (Å²) < 4.78 is 18.8. The lowest BCUT2D eigenvalue weighted by Gasteiger charge is -2.20. The number of hydrogen-bond donors (Lipinski definition) is 1. The average Bonchev–Trinajstić information content (AvgIpc) is 3.31. The van der Waals surface area contributed by atoms with Crippen molar-refractivity contribution in [1.29, 1.82) is 0 Å². The monoisotopic (exact) mass is 360 g/mol. The molecular weight excluding hydrogens is 339 g/mol. The lowest BCUT2D eigenvalue weighted by Crippen LogP contribution is -2.20. The Hall–Kier alpha value is -1.95. The molecule has 3 unspecified atom stereocenters. The summed E-state index contributed by atoms with van der Waals surface area (Å²) in [6.45, 7) is 0. The fourth-order valence-electron chi connectivity index (χ4n) is 4.32. The van der Waals surface area contributed by atoms with Crippen LogP contribution in [0.5, 0.6) is 5.75 Å². The number of carbonyl (C=O) groups excluding carboxylic acids is 1. The van der Waals surface area contributed by atoms with Gasteiger partial charge in [0.2, 0.25) is 5.91 Å². The van der Waals surface area contributed by atoms with Crippen molar-refractivity contribution >= 4 is 22.4 Å². The second-order valence-electron chi connectivity index (χ2n) is 7.07. The minimum atomic E-state index is -0.421. The number of benzene rings is 1. The minimum absolute atomic E-state index is 0.0411. The molecule has 25 heavy (non-hydrogen) atoms. The Morgan fingerprint density at radius 3 is 2.96 bits per heavy atom. The van der Waals surface area contributed by atoms with Crippen molar-refractivity contribution in [2.24, 2.45) is 17.8 Å². The Labute approximate surface area is 150 Å². The first-order valence-corrected chi connectivity index (χ1v) is 9.59. The number of amides is 1. The molecule has 3 atom stereocenters. The SMILES string of the molecule is COc1ccc(-c2csc(NC(=O)CC3CC4CCC3C4)n2)cc1F. The predicted octanol–water partition coefficient (Wildman–Crippen LogP) is 4.72. The zero-order valence-electron chi connectivity index (χ0n) is 14.1. The number of aromatic nitrogens is 1. The van der Waals surface area contributed by atoms with E-state index in [1.807, 2.05) is 5.38 Å². The Morgan fingerprint density at radius 1 is 1.40 bits per heavy atom. The number of nitrogens with one attached hydrogen (secondary N) is 1. The third-order valence-electron chi connectivity index (χ3n) is 5.53. The third-order valence-corrected chi connectivity index (χ3v) is 6.29. The number of thiazole rings is 1. The molecule has 0 spiro atoms. The standard InChI is InChI=1S/C19H21FN2O2S/c1-24-17-5-4-13(8-15(17)20)16-10-25-19(21-16)22-18(23)9-14-7-11-2-3-12(14)6-11/h4-5,8,10-12,14H,2-3,6-7,9H2,1H3,(H,21,22,23). The summed E-state index contributed by atoms with van der Waals surface area (Å²) in [7, 11) is 1.44. The van der Waals surface area contributed by atoms with Crippen molar-refractivity contribution in [3.63, 3.8) is 0 Å². The van der Waals surface area contributed by atoms with Crippen LogP contribution < -0.4 is 10.1 Å². The van der Waals surface area contributed by atoms with E-state index in [4.69, 9.17) is 4.74 Å². The number of methoxy groups -OCH3 is 1. The number of halogens is 1. The molecule has 6 heteroatoms. The van der Waals surface area contributed by atoms with Crippen LogP contribution in [0.4, 0.5) is 9.52 Å². The first kappa shape index (κ1) is 16.5. The van der Waals surface area contributed by atoms with Gasteiger partial charge in [-0.3, -0.25) is 4.79 Å². The summed E-state index contributed by atoms with van der Waals surface area (Å²) in [5, 5.41) is 5.30. The van der Waals surface area contributed by atoms with Crippen LogP contribution in [0, 0.1) is 23.6 Å².